The maximum Gasteiger partial charge on any atom is 0.266 e. The lowest BCUT2D eigenvalue weighted by Gasteiger charge is -2.25. The zero-order valence-corrected chi connectivity index (χ0v) is 18.6. The Morgan fingerprint density at radius 3 is 2.77 bits per heavy atom. The van der Waals surface area contributed by atoms with Gasteiger partial charge >= 0.3 is 0 Å². The molecule has 31 heavy (non-hydrogen) atoms. The number of aromatic nitrogens is 2. The first-order chi connectivity index (χ1) is 14.9. The Hall–Kier alpha value is -2.89. The molecule has 2 aromatic carbocycles. The van der Waals surface area contributed by atoms with E-state index in [4.69, 9.17) is 19.9 Å². The molecule has 0 fully saturated rings. The van der Waals surface area contributed by atoms with Crippen LogP contribution in [-0.4, -0.2) is 38.6 Å². The lowest BCUT2D eigenvalue weighted by atomic mass is 10.0. The number of ether oxygens (including phenoxy) is 3. The molecule has 1 aromatic heterocycles. The van der Waals surface area contributed by atoms with Crippen LogP contribution in [0.4, 0.5) is 5.13 Å². The van der Waals surface area contributed by atoms with E-state index < -0.39 is 10.0 Å². The van der Waals surface area contributed by atoms with Crippen LogP contribution in [0.2, 0.25) is 0 Å². The molecule has 1 aliphatic rings. The van der Waals surface area contributed by atoms with Crippen molar-refractivity contribution in [3.63, 3.8) is 0 Å². The van der Waals surface area contributed by atoms with Crippen LogP contribution in [0.15, 0.2) is 47.6 Å². The van der Waals surface area contributed by atoms with Crippen molar-refractivity contribution in [2.24, 2.45) is 5.73 Å². The Morgan fingerprint density at radius 1 is 1.23 bits per heavy atom. The van der Waals surface area contributed by atoms with Gasteiger partial charge in [-0.1, -0.05) is 6.07 Å². The third kappa shape index (κ3) is 4.16. The molecule has 0 amide bonds. The molecular formula is C20H22N4O5S2. The molecule has 11 heteroatoms. The standard InChI is InChI=1S/C20H22N4O5S2/c1-27-14-4-3-13(18(9-14)28-2)11-24(20-22-12-23-30-20)31(25,26)15-5-6-16-17(21)7-8-29-19(16)10-15/h3-6,9-10,12,17H,7-8,11,21H2,1-2H3. The van der Waals surface area contributed by atoms with Crippen molar-refractivity contribution in [1.82, 2.24) is 9.36 Å². The molecule has 0 aliphatic carbocycles. The highest BCUT2D eigenvalue weighted by Gasteiger charge is 2.30. The largest absolute Gasteiger partial charge is 0.497 e. The zero-order chi connectivity index (χ0) is 22.0. The predicted molar refractivity (Wildman–Crippen MR) is 116 cm³/mol. The highest BCUT2D eigenvalue weighted by atomic mass is 32.2. The number of sulfonamides is 1. The normalized spacial score (nSPS) is 15.6. The Kier molecular flexibility index (Phi) is 5.99. The zero-order valence-electron chi connectivity index (χ0n) is 17.0. The molecule has 0 radical (unpaired) electrons. The predicted octanol–water partition coefficient (Wildman–Crippen LogP) is 2.73. The summed E-state index contributed by atoms with van der Waals surface area (Å²) in [5, 5.41) is 0.244. The highest BCUT2D eigenvalue weighted by Crippen LogP contribution is 2.36. The third-order valence-corrected chi connectivity index (χ3v) is 7.57. The van der Waals surface area contributed by atoms with E-state index in [2.05, 4.69) is 9.36 Å². The fourth-order valence-corrected chi connectivity index (χ4v) is 5.50. The molecule has 3 aromatic rings. The van der Waals surface area contributed by atoms with Crippen molar-refractivity contribution >= 4 is 26.7 Å². The van der Waals surface area contributed by atoms with E-state index in [1.165, 1.54) is 23.8 Å². The number of nitrogens with zero attached hydrogens (tertiary/aromatic N) is 3. The van der Waals surface area contributed by atoms with Gasteiger partial charge in [-0.15, -0.1) is 0 Å². The molecular weight excluding hydrogens is 440 g/mol. The second-order valence-electron chi connectivity index (χ2n) is 6.86. The Bertz CT molecular complexity index is 1170. The van der Waals surface area contributed by atoms with Crippen molar-refractivity contribution in [1.29, 1.82) is 0 Å². The molecule has 0 saturated carbocycles. The van der Waals surface area contributed by atoms with Gasteiger partial charge in [0, 0.05) is 47.3 Å². The number of nitrogens with two attached hydrogens (primary N) is 1. The summed E-state index contributed by atoms with van der Waals surface area (Å²) in [6, 6.07) is 9.80. The topological polar surface area (TPSA) is 117 Å². The van der Waals surface area contributed by atoms with Crippen LogP contribution in [0.25, 0.3) is 0 Å². The molecule has 0 saturated heterocycles. The minimum absolute atomic E-state index is 0.00213. The summed E-state index contributed by atoms with van der Waals surface area (Å²) in [4.78, 5) is 4.22. The molecule has 9 nitrogen and oxygen atoms in total. The fourth-order valence-electron chi connectivity index (χ4n) is 3.35. The Balaban J connectivity index is 1.75. The van der Waals surface area contributed by atoms with Crippen LogP contribution < -0.4 is 24.2 Å². The number of methoxy groups -OCH3 is 2. The average molecular weight is 463 g/mol. The SMILES string of the molecule is COc1ccc(CN(c2ncns2)S(=O)(=O)c2ccc3c(c2)OCCC3N)c(OC)c1. The molecule has 1 unspecified atom stereocenters. The van der Waals surface area contributed by atoms with E-state index in [0.29, 0.717) is 35.8 Å². The van der Waals surface area contributed by atoms with Gasteiger partial charge in [0.05, 0.1) is 32.3 Å². The second kappa shape index (κ2) is 8.69. The number of anilines is 1. The number of hydrogen-bond donors (Lipinski definition) is 1. The smallest absolute Gasteiger partial charge is 0.266 e. The molecule has 1 atom stereocenters. The summed E-state index contributed by atoms with van der Waals surface area (Å²) < 4.78 is 48.8. The molecule has 2 heterocycles. The second-order valence-corrected chi connectivity index (χ2v) is 9.48. The fraction of sp³-hybridized carbons (Fsp3) is 0.300. The molecule has 1 aliphatic heterocycles. The molecule has 0 bridgehead atoms. The number of benzene rings is 2. The molecule has 2 N–H and O–H groups in total. The van der Waals surface area contributed by atoms with Gasteiger partial charge in [0.25, 0.3) is 10.0 Å². The van der Waals surface area contributed by atoms with E-state index in [9.17, 15) is 8.42 Å². The highest BCUT2D eigenvalue weighted by molar-refractivity contribution is 7.93. The molecule has 4 rings (SSSR count). The third-order valence-electron chi connectivity index (χ3n) is 5.03. The van der Waals surface area contributed by atoms with Gasteiger partial charge < -0.3 is 19.9 Å². The van der Waals surface area contributed by atoms with Crippen LogP contribution >= 0.6 is 11.5 Å². The van der Waals surface area contributed by atoms with Crippen LogP contribution in [0.1, 0.15) is 23.6 Å². The monoisotopic (exact) mass is 462 g/mol. The number of fused-ring (bicyclic) bond motifs is 1. The van der Waals surface area contributed by atoms with E-state index >= 15 is 0 Å². The maximum atomic E-state index is 13.6. The van der Waals surface area contributed by atoms with Crippen molar-refractivity contribution in [2.75, 3.05) is 25.1 Å². The van der Waals surface area contributed by atoms with Gasteiger partial charge in [0.1, 0.15) is 23.6 Å². The lowest BCUT2D eigenvalue weighted by Crippen LogP contribution is -2.31. The van der Waals surface area contributed by atoms with E-state index in [-0.39, 0.29) is 22.6 Å². The van der Waals surface area contributed by atoms with Crippen molar-refractivity contribution in [2.45, 2.75) is 23.9 Å². The first-order valence-electron chi connectivity index (χ1n) is 9.46. The summed E-state index contributed by atoms with van der Waals surface area (Å²) in [5.74, 6) is 1.59. The van der Waals surface area contributed by atoms with Gasteiger partial charge in [-0.2, -0.15) is 4.37 Å². The lowest BCUT2D eigenvalue weighted by molar-refractivity contribution is 0.268. The van der Waals surface area contributed by atoms with Crippen molar-refractivity contribution < 1.29 is 22.6 Å². The number of hydrogen-bond acceptors (Lipinski definition) is 9. The summed E-state index contributed by atoms with van der Waals surface area (Å²) in [7, 11) is -0.908. The van der Waals surface area contributed by atoms with Crippen LogP contribution in [0.5, 0.6) is 17.2 Å². The summed E-state index contributed by atoms with van der Waals surface area (Å²) in [5.41, 5.74) is 7.57. The molecule has 164 valence electrons. The van der Waals surface area contributed by atoms with Crippen molar-refractivity contribution in [3.8, 4) is 17.2 Å². The molecule has 0 spiro atoms. The minimum atomic E-state index is -3.98. The van der Waals surface area contributed by atoms with Crippen LogP contribution in [-0.2, 0) is 16.6 Å². The van der Waals surface area contributed by atoms with Gasteiger partial charge in [-0.3, -0.25) is 0 Å². The summed E-state index contributed by atoms with van der Waals surface area (Å²) >= 11 is 0.991. The van der Waals surface area contributed by atoms with Gasteiger partial charge in [0.15, 0.2) is 0 Å². The average Bonchev–Trinajstić information content (AvgIpc) is 3.31. The maximum absolute atomic E-state index is 13.6. The van der Waals surface area contributed by atoms with E-state index in [0.717, 1.165) is 17.1 Å². The first kappa shape index (κ1) is 21.3. The summed E-state index contributed by atoms with van der Waals surface area (Å²) in [6.45, 7) is 0.447. The minimum Gasteiger partial charge on any atom is -0.497 e. The van der Waals surface area contributed by atoms with Crippen LogP contribution in [0.3, 0.4) is 0 Å². The van der Waals surface area contributed by atoms with Gasteiger partial charge in [-0.05, 0) is 18.2 Å². The quantitative estimate of drug-likeness (QED) is 0.570. The Labute approximate surface area is 184 Å². The summed E-state index contributed by atoms with van der Waals surface area (Å²) in [6.07, 6.45) is 2.01. The van der Waals surface area contributed by atoms with E-state index in [1.807, 2.05) is 0 Å². The van der Waals surface area contributed by atoms with Gasteiger partial charge in [-0.25, -0.2) is 17.7 Å². The van der Waals surface area contributed by atoms with E-state index in [1.54, 1.807) is 37.4 Å². The van der Waals surface area contributed by atoms with Crippen molar-refractivity contribution in [3.05, 3.63) is 53.9 Å². The van der Waals surface area contributed by atoms with Crippen LogP contribution in [0, 0.1) is 0 Å². The van der Waals surface area contributed by atoms with Gasteiger partial charge in [0.2, 0.25) is 5.13 Å². The number of rotatable bonds is 7. The first-order valence-corrected chi connectivity index (χ1v) is 11.7. The Morgan fingerprint density at radius 2 is 2.06 bits per heavy atom.